The third-order valence-corrected chi connectivity index (χ3v) is 5.03. The van der Waals surface area contributed by atoms with E-state index in [0.717, 1.165) is 0 Å². The van der Waals surface area contributed by atoms with Gasteiger partial charge >= 0.3 is 11.9 Å². The maximum absolute atomic E-state index is 12.7. The number of methoxy groups -OCH3 is 1. The Bertz CT molecular complexity index is 979. The highest BCUT2D eigenvalue weighted by molar-refractivity contribution is 9.10. The van der Waals surface area contributed by atoms with Crippen molar-refractivity contribution in [3.05, 3.63) is 45.0 Å². The number of rotatable bonds is 8. The third-order valence-electron chi connectivity index (χ3n) is 4.34. The summed E-state index contributed by atoms with van der Waals surface area (Å²) in [5.41, 5.74) is 6.71. The van der Waals surface area contributed by atoms with Crippen molar-refractivity contribution in [2.75, 3.05) is 26.9 Å². The zero-order valence-electron chi connectivity index (χ0n) is 17.6. The average molecular weight is 495 g/mol. The molecule has 166 valence electrons. The summed E-state index contributed by atoms with van der Waals surface area (Å²) in [6.07, 6.45) is 0. The average Bonchev–Trinajstić information content (AvgIpc) is 2.70. The Labute approximate surface area is 188 Å². The number of halogens is 1. The molecule has 0 aliphatic carbocycles. The molecule has 0 spiro atoms. The number of allylic oxidation sites excluding steroid dienone is 2. The van der Waals surface area contributed by atoms with E-state index in [4.69, 9.17) is 29.4 Å². The Morgan fingerprint density at radius 3 is 2.55 bits per heavy atom. The van der Waals surface area contributed by atoms with Gasteiger partial charge in [0, 0.05) is 11.4 Å². The van der Waals surface area contributed by atoms with Crippen LogP contribution < -0.4 is 15.2 Å². The van der Waals surface area contributed by atoms with Crippen LogP contribution in [0.3, 0.4) is 0 Å². The summed E-state index contributed by atoms with van der Waals surface area (Å²) in [5, 5.41) is 9.71. The molecule has 0 aromatic heterocycles. The first-order valence-corrected chi connectivity index (χ1v) is 10.1. The molecule has 31 heavy (non-hydrogen) atoms. The van der Waals surface area contributed by atoms with E-state index in [1.807, 2.05) is 6.07 Å². The van der Waals surface area contributed by atoms with Crippen molar-refractivity contribution in [2.45, 2.75) is 26.7 Å². The fraction of sp³-hybridized carbons (Fsp3) is 0.381. The molecule has 0 radical (unpaired) electrons. The number of esters is 2. The van der Waals surface area contributed by atoms with Crippen molar-refractivity contribution in [3.63, 3.8) is 0 Å². The van der Waals surface area contributed by atoms with Crippen LogP contribution in [-0.2, 0) is 23.8 Å². The van der Waals surface area contributed by atoms with Crippen LogP contribution in [0.1, 0.15) is 32.3 Å². The smallest absolute Gasteiger partial charge is 0.338 e. The van der Waals surface area contributed by atoms with Crippen LogP contribution in [-0.4, -0.2) is 38.9 Å². The molecule has 1 aliphatic rings. The normalized spacial score (nSPS) is 15.7. The zero-order chi connectivity index (χ0) is 23.1. The number of carbonyl (C=O) groups is 2. The SMILES string of the molecule is CCOC(=O)C1=C(C)OC(N)=C(C#N)C1c1cc(OC)c(OCCOC(C)=O)cc1Br. The maximum Gasteiger partial charge on any atom is 0.338 e. The summed E-state index contributed by atoms with van der Waals surface area (Å²) < 4.78 is 27.1. The van der Waals surface area contributed by atoms with Crippen molar-refractivity contribution in [2.24, 2.45) is 5.73 Å². The lowest BCUT2D eigenvalue weighted by Gasteiger charge is -2.28. The second-order valence-corrected chi connectivity index (χ2v) is 7.18. The number of nitrogens with zero attached hydrogens (tertiary/aromatic N) is 1. The van der Waals surface area contributed by atoms with Crippen LogP contribution in [0.15, 0.2) is 39.4 Å². The predicted octanol–water partition coefficient (Wildman–Crippen LogP) is 3.04. The van der Waals surface area contributed by atoms with Crippen LogP contribution in [0.4, 0.5) is 0 Å². The molecule has 1 unspecified atom stereocenters. The lowest BCUT2D eigenvalue weighted by molar-refractivity contribution is -0.141. The topological polar surface area (TPSA) is 130 Å². The van der Waals surface area contributed by atoms with Gasteiger partial charge in [0.2, 0.25) is 5.88 Å². The highest BCUT2D eigenvalue weighted by Gasteiger charge is 2.37. The standard InChI is InChI=1S/C21H23BrN2O7/c1-5-28-21(26)18-11(2)31-20(24)14(10-23)19(18)13-8-16(27-4)17(9-15(13)22)30-7-6-29-12(3)25/h8-9,19H,5-7,24H2,1-4H3. The molecule has 1 atom stereocenters. The van der Waals surface area contributed by atoms with Crippen LogP contribution in [0.25, 0.3) is 0 Å². The molecule has 10 heteroatoms. The Balaban J connectivity index is 2.52. The second-order valence-electron chi connectivity index (χ2n) is 6.33. The van der Waals surface area contributed by atoms with E-state index >= 15 is 0 Å². The first kappa shape index (κ1) is 24.1. The number of carbonyl (C=O) groups excluding carboxylic acids is 2. The quantitative estimate of drug-likeness (QED) is 0.427. The summed E-state index contributed by atoms with van der Waals surface area (Å²) in [7, 11) is 1.46. The largest absolute Gasteiger partial charge is 0.493 e. The van der Waals surface area contributed by atoms with E-state index in [9.17, 15) is 14.9 Å². The summed E-state index contributed by atoms with van der Waals surface area (Å²) in [6.45, 7) is 4.92. The number of nitrogens with two attached hydrogens (primary N) is 1. The molecular weight excluding hydrogens is 472 g/mol. The monoisotopic (exact) mass is 494 g/mol. The highest BCUT2D eigenvalue weighted by atomic mass is 79.9. The van der Waals surface area contributed by atoms with Crippen molar-refractivity contribution in [1.29, 1.82) is 5.26 Å². The molecule has 2 rings (SSSR count). The molecule has 0 amide bonds. The fourth-order valence-corrected chi connectivity index (χ4v) is 3.60. The summed E-state index contributed by atoms with van der Waals surface area (Å²) in [6, 6.07) is 5.30. The lowest BCUT2D eigenvalue weighted by atomic mass is 9.83. The van der Waals surface area contributed by atoms with E-state index in [1.165, 1.54) is 14.0 Å². The van der Waals surface area contributed by atoms with Gasteiger partial charge in [-0.25, -0.2) is 4.79 Å². The van der Waals surface area contributed by atoms with Gasteiger partial charge in [-0.15, -0.1) is 0 Å². The van der Waals surface area contributed by atoms with Gasteiger partial charge in [0.05, 0.1) is 25.2 Å². The molecule has 1 heterocycles. The number of benzene rings is 1. The zero-order valence-corrected chi connectivity index (χ0v) is 19.2. The minimum Gasteiger partial charge on any atom is -0.493 e. The third kappa shape index (κ3) is 5.49. The minimum atomic E-state index is -0.837. The molecule has 0 saturated carbocycles. The molecule has 0 fully saturated rings. The highest BCUT2D eigenvalue weighted by Crippen LogP contribution is 2.45. The van der Waals surface area contributed by atoms with Gasteiger partial charge in [-0.05, 0) is 31.5 Å². The molecule has 0 bridgehead atoms. The predicted molar refractivity (Wildman–Crippen MR) is 113 cm³/mol. The van der Waals surface area contributed by atoms with Crippen molar-refractivity contribution >= 4 is 27.9 Å². The molecule has 1 aliphatic heterocycles. The second kappa shape index (κ2) is 10.7. The maximum atomic E-state index is 12.7. The van der Waals surface area contributed by atoms with E-state index in [1.54, 1.807) is 26.0 Å². The Hall–Kier alpha value is -3.19. The molecule has 0 saturated heterocycles. The van der Waals surface area contributed by atoms with Crippen molar-refractivity contribution in [3.8, 4) is 17.6 Å². The van der Waals surface area contributed by atoms with Gasteiger partial charge in [0.25, 0.3) is 0 Å². The van der Waals surface area contributed by atoms with Gasteiger partial charge in [0.15, 0.2) is 11.5 Å². The first-order chi connectivity index (χ1) is 14.7. The Morgan fingerprint density at radius 1 is 1.26 bits per heavy atom. The van der Waals surface area contributed by atoms with E-state index in [-0.39, 0.29) is 42.6 Å². The van der Waals surface area contributed by atoms with Gasteiger partial charge < -0.3 is 29.4 Å². The van der Waals surface area contributed by atoms with E-state index in [0.29, 0.717) is 21.5 Å². The van der Waals surface area contributed by atoms with Gasteiger partial charge in [0.1, 0.15) is 30.6 Å². The molecule has 2 N–H and O–H groups in total. The van der Waals surface area contributed by atoms with Crippen LogP contribution in [0, 0.1) is 11.3 Å². The van der Waals surface area contributed by atoms with Crippen molar-refractivity contribution < 1.29 is 33.3 Å². The number of hydrogen-bond donors (Lipinski definition) is 1. The van der Waals surface area contributed by atoms with E-state index < -0.39 is 17.9 Å². The molecular formula is C21H23BrN2O7. The molecule has 9 nitrogen and oxygen atoms in total. The summed E-state index contributed by atoms with van der Waals surface area (Å²) in [5.74, 6) is -0.976. The van der Waals surface area contributed by atoms with Crippen LogP contribution in [0.5, 0.6) is 11.5 Å². The Kier molecular flexibility index (Phi) is 8.33. The minimum absolute atomic E-state index is 0.0694. The van der Waals surface area contributed by atoms with Gasteiger partial charge in [-0.2, -0.15) is 5.26 Å². The van der Waals surface area contributed by atoms with E-state index in [2.05, 4.69) is 15.9 Å². The van der Waals surface area contributed by atoms with Crippen LogP contribution in [0.2, 0.25) is 0 Å². The van der Waals surface area contributed by atoms with Gasteiger partial charge in [-0.3, -0.25) is 4.79 Å². The number of ether oxygens (including phenoxy) is 5. The van der Waals surface area contributed by atoms with Crippen LogP contribution >= 0.6 is 15.9 Å². The fourth-order valence-electron chi connectivity index (χ4n) is 3.05. The van der Waals surface area contributed by atoms with Gasteiger partial charge in [-0.1, -0.05) is 15.9 Å². The summed E-state index contributed by atoms with van der Waals surface area (Å²) >= 11 is 3.48. The lowest BCUT2D eigenvalue weighted by Crippen LogP contribution is -2.25. The number of nitriles is 1. The molecule has 1 aromatic carbocycles. The number of hydrogen-bond acceptors (Lipinski definition) is 9. The summed E-state index contributed by atoms with van der Waals surface area (Å²) in [4.78, 5) is 23.6. The van der Waals surface area contributed by atoms with Crippen molar-refractivity contribution in [1.82, 2.24) is 0 Å². The first-order valence-electron chi connectivity index (χ1n) is 9.34. The molecule has 1 aromatic rings. The Morgan fingerprint density at radius 2 is 1.97 bits per heavy atom.